The monoisotopic (exact) mass is 419 g/mol. The van der Waals surface area contributed by atoms with Gasteiger partial charge in [-0.1, -0.05) is 35.5 Å². The number of rotatable bonds is 8. The fourth-order valence-corrected chi connectivity index (χ4v) is 3.92. The van der Waals surface area contributed by atoms with Crippen LogP contribution in [0.5, 0.6) is 11.5 Å². The van der Waals surface area contributed by atoms with Crippen LogP contribution < -0.4 is 9.47 Å². The largest absolute Gasteiger partial charge is 0.493 e. The third-order valence-corrected chi connectivity index (χ3v) is 5.41. The minimum absolute atomic E-state index is 0.357. The van der Waals surface area contributed by atoms with Crippen LogP contribution in [0.2, 0.25) is 5.02 Å². The molecular weight excluding hydrogens is 401 g/mol. The summed E-state index contributed by atoms with van der Waals surface area (Å²) in [7, 11) is 3.18. The van der Waals surface area contributed by atoms with Crippen LogP contribution in [0.15, 0.2) is 54.2 Å². The van der Waals surface area contributed by atoms with Crippen molar-refractivity contribution in [3.05, 3.63) is 65.5 Å². The molecule has 0 unspecified atom stereocenters. The van der Waals surface area contributed by atoms with E-state index in [0.717, 1.165) is 11.1 Å². The highest BCUT2D eigenvalue weighted by molar-refractivity contribution is 7.98. The highest BCUT2D eigenvalue weighted by atomic mass is 35.5. The summed E-state index contributed by atoms with van der Waals surface area (Å²) >= 11 is 7.59. The third-order valence-electron chi connectivity index (χ3n) is 4.04. The highest BCUT2D eigenvalue weighted by Gasteiger charge is 2.16. The molecule has 3 aromatic rings. The Bertz CT molecular complexity index is 994. The van der Waals surface area contributed by atoms with E-state index >= 15 is 0 Å². The number of aromatic nitrogens is 3. The second-order valence-electron chi connectivity index (χ2n) is 5.80. The molecule has 28 heavy (non-hydrogen) atoms. The molecule has 8 heteroatoms. The van der Waals surface area contributed by atoms with Crippen LogP contribution in [0.25, 0.3) is 11.4 Å². The second-order valence-corrected chi connectivity index (χ2v) is 7.15. The van der Waals surface area contributed by atoms with Gasteiger partial charge in [0, 0.05) is 22.9 Å². The van der Waals surface area contributed by atoms with Gasteiger partial charge in [-0.05, 0) is 35.9 Å². The zero-order valence-corrected chi connectivity index (χ0v) is 17.1. The number of benzene rings is 2. The Morgan fingerprint density at radius 3 is 2.61 bits per heavy atom. The van der Waals surface area contributed by atoms with Crippen molar-refractivity contribution in [2.24, 2.45) is 0 Å². The summed E-state index contributed by atoms with van der Waals surface area (Å²) in [4.78, 5) is 0. The first-order chi connectivity index (χ1) is 13.6. The smallest absolute Gasteiger partial charge is 0.192 e. The SMILES string of the molecule is C=CCn1c(SCc2ccc(F)cc2Cl)nnc1-c1ccc(OC)c(OC)c1. The Morgan fingerprint density at radius 2 is 1.93 bits per heavy atom. The van der Waals surface area contributed by atoms with E-state index in [-0.39, 0.29) is 5.82 Å². The fraction of sp³-hybridized carbons (Fsp3) is 0.200. The van der Waals surface area contributed by atoms with Gasteiger partial charge in [-0.3, -0.25) is 4.57 Å². The van der Waals surface area contributed by atoms with E-state index in [2.05, 4.69) is 16.8 Å². The van der Waals surface area contributed by atoms with Crippen LogP contribution in [0, 0.1) is 5.82 Å². The molecule has 0 N–H and O–H groups in total. The number of ether oxygens (including phenoxy) is 2. The standard InChI is InChI=1S/C20H19ClFN3O2S/c1-4-9-25-19(13-6-8-17(26-2)18(10-13)27-3)23-24-20(25)28-12-14-5-7-15(22)11-16(14)21/h4-8,10-11H,1,9,12H2,2-3H3. The number of nitrogens with zero attached hydrogens (tertiary/aromatic N) is 3. The molecule has 0 fully saturated rings. The molecule has 1 aromatic heterocycles. The maximum absolute atomic E-state index is 13.2. The molecule has 146 valence electrons. The minimum Gasteiger partial charge on any atom is -0.493 e. The van der Waals surface area contributed by atoms with E-state index < -0.39 is 0 Å². The van der Waals surface area contributed by atoms with E-state index in [9.17, 15) is 4.39 Å². The van der Waals surface area contributed by atoms with Gasteiger partial charge in [0.2, 0.25) is 0 Å². The van der Waals surface area contributed by atoms with Gasteiger partial charge >= 0.3 is 0 Å². The van der Waals surface area contributed by atoms with Gasteiger partial charge in [-0.15, -0.1) is 16.8 Å². The number of methoxy groups -OCH3 is 2. The quantitative estimate of drug-likeness (QED) is 0.369. The lowest BCUT2D eigenvalue weighted by Gasteiger charge is -2.11. The molecule has 0 spiro atoms. The molecular formula is C20H19ClFN3O2S. The highest BCUT2D eigenvalue weighted by Crippen LogP contribution is 2.34. The lowest BCUT2D eigenvalue weighted by molar-refractivity contribution is 0.355. The average Bonchev–Trinajstić information content (AvgIpc) is 3.09. The van der Waals surface area contributed by atoms with E-state index in [1.807, 2.05) is 22.8 Å². The zero-order chi connectivity index (χ0) is 20.1. The number of allylic oxidation sites excluding steroid dienone is 1. The Morgan fingerprint density at radius 1 is 1.14 bits per heavy atom. The third kappa shape index (κ3) is 4.31. The van der Waals surface area contributed by atoms with Gasteiger partial charge in [0.15, 0.2) is 22.5 Å². The molecule has 0 aliphatic rings. The number of hydrogen-bond acceptors (Lipinski definition) is 5. The van der Waals surface area contributed by atoms with E-state index in [0.29, 0.717) is 39.8 Å². The van der Waals surface area contributed by atoms with E-state index in [4.69, 9.17) is 21.1 Å². The lowest BCUT2D eigenvalue weighted by Crippen LogP contribution is -2.01. The van der Waals surface area contributed by atoms with Crippen LogP contribution in [0.1, 0.15) is 5.56 Å². The van der Waals surface area contributed by atoms with Crippen molar-refractivity contribution in [3.63, 3.8) is 0 Å². The molecule has 0 amide bonds. The minimum atomic E-state index is -0.357. The lowest BCUT2D eigenvalue weighted by atomic mass is 10.2. The topological polar surface area (TPSA) is 49.2 Å². The molecule has 0 bridgehead atoms. The maximum Gasteiger partial charge on any atom is 0.192 e. The molecule has 0 saturated carbocycles. The van der Waals surface area contributed by atoms with Gasteiger partial charge in [0.1, 0.15) is 5.82 Å². The molecule has 0 aliphatic carbocycles. The van der Waals surface area contributed by atoms with E-state index in [1.54, 1.807) is 26.4 Å². The summed E-state index contributed by atoms with van der Waals surface area (Å²) in [6.45, 7) is 4.36. The molecule has 5 nitrogen and oxygen atoms in total. The fourth-order valence-electron chi connectivity index (χ4n) is 2.66. The summed E-state index contributed by atoms with van der Waals surface area (Å²) in [6, 6.07) is 9.95. The molecule has 2 aromatic carbocycles. The summed E-state index contributed by atoms with van der Waals surface area (Å²) < 4.78 is 25.9. The molecule has 0 aliphatic heterocycles. The average molecular weight is 420 g/mol. The zero-order valence-electron chi connectivity index (χ0n) is 15.5. The van der Waals surface area contributed by atoms with Crippen molar-refractivity contribution in [1.29, 1.82) is 0 Å². The van der Waals surface area contributed by atoms with Crippen molar-refractivity contribution >= 4 is 23.4 Å². The summed E-state index contributed by atoms with van der Waals surface area (Å²) in [6.07, 6.45) is 1.78. The van der Waals surface area contributed by atoms with E-state index in [1.165, 1.54) is 23.9 Å². The maximum atomic E-state index is 13.2. The first-order valence-corrected chi connectivity index (χ1v) is 9.77. The van der Waals surface area contributed by atoms with Crippen LogP contribution in [-0.4, -0.2) is 29.0 Å². The Labute approximate surface area is 172 Å². The van der Waals surface area contributed by atoms with Gasteiger partial charge in [-0.2, -0.15) is 0 Å². The summed E-state index contributed by atoms with van der Waals surface area (Å²) in [5.74, 6) is 2.13. The predicted molar refractivity (Wildman–Crippen MR) is 110 cm³/mol. The Hall–Kier alpha value is -2.51. The molecule has 1 heterocycles. The normalized spacial score (nSPS) is 10.7. The van der Waals surface area contributed by atoms with Crippen LogP contribution in [0.3, 0.4) is 0 Å². The van der Waals surface area contributed by atoms with Gasteiger partial charge in [0.05, 0.1) is 14.2 Å². The van der Waals surface area contributed by atoms with Crippen LogP contribution >= 0.6 is 23.4 Å². The van der Waals surface area contributed by atoms with Gasteiger partial charge in [0.25, 0.3) is 0 Å². The summed E-state index contributed by atoms with van der Waals surface area (Å²) in [5, 5.41) is 9.75. The molecule has 0 radical (unpaired) electrons. The van der Waals surface area contributed by atoms with Crippen molar-refractivity contribution in [2.45, 2.75) is 17.5 Å². The number of halogens is 2. The van der Waals surface area contributed by atoms with Crippen molar-refractivity contribution in [2.75, 3.05) is 14.2 Å². The first kappa shape index (κ1) is 20.2. The van der Waals surface area contributed by atoms with Crippen molar-refractivity contribution < 1.29 is 13.9 Å². The van der Waals surface area contributed by atoms with Crippen molar-refractivity contribution in [1.82, 2.24) is 14.8 Å². The number of thioether (sulfide) groups is 1. The second kappa shape index (κ2) is 9.12. The van der Waals surface area contributed by atoms with Crippen LogP contribution in [0.4, 0.5) is 4.39 Å². The van der Waals surface area contributed by atoms with Crippen LogP contribution in [-0.2, 0) is 12.3 Å². The molecule has 0 atom stereocenters. The predicted octanol–water partition coefficient (Wildman–Crippen LogP) is 5.23. The van der Waals surface area contributed by atoms with Crippen molar-refractivity contribution in [3.8, 4) is 22.9 Å². The Balaban J connectivity index is 1.90. The Kier molecular flexibility index (Phi) is 6.59. The van der Waals surface area contributed by atoms with Gasteiger partial charge < -0.3 is 9.47 Å². The number of hydrogen-bond donors (Lipinski definition) is 0. The summed E-state index contributed by atoms with van der Waals surface area (Å²) in [5.41, 5.74) is 1.67. The van der Waals surface area contributed by atoms with Gasteiger partial charge in [-0.25, -0.2) is 4.39 Å². The first-order valence-electron chi connectivity index (χ1n) is 8.40. The molecule has 3 rings (SSSR count). The molecule has 0 saturated heterocycles.